The van der Waals surface area contributed by atoms with Crippen molar-refractivity contribution < 1.29 is 9.53 Å². The number of aryl methyl sites for hydroxylation is 2. The first kappa shape index (κ1) is 21.4. The normalized spacial score (nSPS) is 10.9. The molecule has 31 heavy (non-hydrogen) atoms. The maximum atomic E-state index is 12.5. The van der Waals surface area contributed by atoms with Crippen LogP contribution in [0.1, 0.15) is 16.2 Å². The molecule has 0 aliphatic rings. The number of nitrogens with zero attached hydrogens (tertiary/aromatic N) is 3. The fraction of sp³-hybridized carbons (Fsp3) is 0.238. The number of benzene rings is 1. The zero-order chi connectivity index (χ0) is 22.0. The van der Waals surface area contributed by atoms with Gasteiger partial charge in [-0.05, 0) is 56.4 Å². The van der Waals surface area contributed by atoms with Gasteiger partial charge in [0.15, 0.2) is 15.7 Å². The molecule has 7 nitrogen and oxygen atoms in total. The number of hydrogen-bond acceptors (Lipinski definition) is 7. The van der Waals surface area contributed by atoms with Crippen molar-refractivity contribution in [3.8, 4) is 28.4 Å². The lowest BCUT2D eigenvalue weighted by molar-refractivity contribution is -0.116. The number of thiophene rings is 1. The summed E-state index contributed by atoms with van der Waals surface area (Å²) in [5, 5.41) is 12.6. The smallest absolute Gasteiger partial charge is 0.227 e. The van der Waals surface area contributed by atoms with Gasteiger partial charge in [0.05, 0.1) is 12.8 Å². The minimum Gasteiger partial charge on any atom is -0.497 e. The lowest BCUT2D eigenvalue weighted by atomic mass is 10.2. The van der Waals surface area contributed by atoms with E-state index in [0.29, 0.717) is 22.3 Å². The average molecular weight is 472 g/mol. The number of amides is 1. The Hall–Kier alpha value is -2.82. The van der Waals surface area contributed by atoms with Crippen molar-refractivity contribution in [2.24, 2.45) is 0 Å². The van der Waals surface area contributed by atoms with Crippen molar-refractivity contribution in [2.75, 3.05) is 12.4 Å². The number of hydrogen-bond donors (Lipinski definition) is 2. The third-order valence-corrected chi connectivity index (χ3v) is 6.77. The molecule has 0 saturated carbocycles. The van der Waals surface area contributed by atoms with E-state index in [4.69, 9.17) is 17.0 Å². The fourth-order valence-corrected chi connectivity index (χ4v) is 5.10. The van der Waals surface area contributed by atoms with Crippen LogP contribution in [-0.4, -0.2) is 32.8 Å². The Morgan fingerprint density at radius 3 is 2.74 bits per heavy atom. The van der Waals surface area contributed by atoms with E-state index in [1.807, 2.05) is 34.2 Å². The highest BCUT2D eigenvalue weighted by Crippen LogP contribution is 2.32. The van der Waals surface area contributed by atoms with Crippen LogP contribution in [0.25, 0.3) is 22.6 Å². The molecular formula is C21H21N5O2S3. The third kappa shape index (κ3) is 4.76. The van der Waals surface area contributed by atoms with Gasteiger partial charge >= 0.3 is 0 Å². The summed E-state index contributed by atoms with van der Waals surface area (Å²) < 4.78 is 7.49. The Labute approximate surface area is 192 Å². The van der Waals surface area contributed by atoms with Gasteiger partial charge in [0.1, 0.15) is 5.75 Å². The topological polar surface area (TPSA) is 84.8 Å². The van der Waals surface area contributed by atoms with E-state index in [2.05, 4.69) is 40.4 Å². The summed E-state index contributed by atoms with van der Waals surface area (Å²) in [4.78, 5) is 19.6. The molecule has 0 unspecified atom stereocenters. The van der Waals surface area contributed by atoms with Crippen molar-refractivity contribution in [2.45, 2.75) is 26.8 Å². The van der Waals surface area contributed by atoms with Crippen LogP contribution in [0.15, 0.2) is 35.7 Å². The van der Waals surface area contributed by atoms with Gasteiger partial charge in [0, 0.05) is 39.2 Å². The van der Waals surface area contributed by atoms with E-state index in [1.165, 1.54) is 21.1 Å². The van der Waals surface area contributed by atoms with Crippen LogP contribution in [0.4, 0.5) is 5.13 Å². The molecule has 0 aliphatic heterocycles. The largest absolute Gasteiger partial charge is 0.497 e. The first-order valence-electron chi connectivity index (χ1n) is 9.57. The molecule has 3 heterocycles. The number of carbonyl (C=O) groups excluding carboxylic acids is 1. The maximum absolute atomic E-state index is 12.5. The van der Waals surface area contributed by atoms with Crippen LogP contribution < -0.4 is 10.1 Å². The molecule has 4 aromatic rings. The Kier molecular flexibility index (Phi) is 6.30. The van der Waals surface area contributed by atoms with Gasteiger partial charge in [-0.3, -0.25) is 14.5 Å². The highest BCUT2D eigenvalue weighted by atomic mass is 32.1. The second-order valence-electron chi connectivity index (χ2n) is 6.90. The monoisotopic (exact) mass is 471 g/mol. The van der Waals surface area contributed by atoms with Crippen molar-refractivity contribution >= 4 is 45.9 Å². The van der Waals surface area contributed by atoms with Crippen molar-refractivity contribution in [1.82, 2.24) is 19.7 Å². The Balaban J connectivity index is 1.42. The number of anilines is 1. The molecule has 1 amide bonds. The Morgan fingerprint density at radius 1 is 1.29 bits per heavy atom. The van der Waals surface area contributed by atoms with E-state index in [0.717, 1.165) is 22.6 Å². The number of aromatic nitrogens is 4. The van der Waals surface area contributed by atoms with E-state index < -0.39 is 0 Å². The molecule has 0 radical (unpaired) electrons. The SMILES string of the molecule is COc1ccc(-c2n[nH]c(=S)n2CCC(=O)Nc2nc(-c3cc(C)sc3C)cs2)cc1. The summed E-state index contributed by atoms with van der Waals surface area (Å²) in [6, 6.07) is 9.67. The molecule has 160 valence electrons. The lowest BCUT2D eigenvalue weighted by Gasteiger charge is -2.07. The molecule has 0 spiro atoms. The van der Waals surface area contributed by atoms with Crippen LogP contribution in [0.2, 0.25) is 0 Å². The quantitative estimate of drug-likeness (QED) is 0.350. The molecular weight excluding hydrogens is 450 g/mol. The molecule has 10 heteroatoms. The molecule has 0 atom stereocenters. The molecule has 4 rings (SSSR count). The summed E-state index contributed by atoms with van der Waals surface area (Å²) >= 11 is 8.52. The zero-order valence-corrected chi connectivity index (χ0v) is 19.7. The van der Waals surface area contributed by atoms with Gasteiger partial charge in [-0.15, -0.1) is 22.7 Å². The number of carbonyl (C=O) groups is 1. The molecule has 1 aromatic carbocycles. The van der Waals surface area contributed by atoms with Crippen LogP contribution >= 0.6 is 34.9 Å². The van der Waals surface area contributed by atoms with Gasteiger partial charge < -0.3 is 10.1 Å². The first-order chi connectivity index (χ1) is 14.9. The first-order valence-corrected chi connectivity index (χ1v) is 11.7. The number of thiazole rings is 1. The number of aromatic amines is 1. The maximum Gasteiger partial charge on any atom is 0.227 e. The van der Waals surface area contributed by atoms with E-state index >= 15 is 0 Å². The summed E-state index contributed by atoms with van der Waals surface area (Å²) in [5.41, 5.74) is 2.90. The van der Waals surface area contributed by atoms with Gasteiger partial charge in [-0.1, -0.05) is 0 Å². The number of rotatable bonds is 7. The van der Waals surface area contributed by atoms with Crippen LogP contribution in [0.5, 0.6) is 5.75 Å². The second kappa shape index (κ2) is 9.13. The summed E-state index contributed by atoms with van der Waals surface area (Å²) in [7, 11) is 1.62. The van der Waals surface area contributed by atoms with Crippen LogP contribution in [0.3, 0.4) is 0 Å². The third-order valence-electron chi connectivity index (χ3n) is 4.74. The minimum absolute atomic E-state index is 0.122. The number of H-pyrrole nitrogens is 1. The minimum atomic E-state index is -0.122. The highest BCUT2D eigenvalue weighted by Gasteiger charge is 2.14. The fourth-order valence-electron chi connectivity index (χ4n) is 3.22. The van der Waals surface area contributed by atoms with Crippen molar-refractivity contribution in [3.05, 3.63) is 50.2 Å². The molecule has 0 saturated heterocycles. The predicted molar refractivity (Wildman–Crippen MR) is 128 cm³/mol. The van der Waals surface area contributed by atoms with Gasteiger partial charge in [-0.25, -0.2) is 4.98 Å². The van der Waals surface area contributed by atoms with Crippen molar-refractivity contribution in [1.29, 1.82) is 0 Å². The van der Waals surface area contributed by atoms with Crippen LogP contribution in [0, 0.1) is 18.6 Å². The standard InChI is InChI=1S/C21H21N5O2S3/c1-12-10-16(13(2)31-12)17-11-30-20(22-17)23-18(27)8-9-26-19(24-25-21(26)29)14-4-6-15(28-3)7-5-14/h4-7,10-11H,8-9H2,1-3H3,(H,25,29)(H,22,23,27). The Bertz CT molecular complexity index is 1270. The lowest BCUT2D eigenvalue weighted by Crippen LogP contribution is -2.15. The molecule has 3 aromatic heterocycles. The van der Waals surface area contributed by atoms with E-state index in [1.54, 1.807) is 18.4 Å². The summed E-state index contributed by atoms with van der Waals surface area (Å²) in [6.07, 6.45) is 0.252. The average Bonchev–Trinajstić information content (AvgIpc) is 3.45. The molecule has 0 fully saturated rings. The number of methoxy groups -OCH3 is 1. The summed E-state index contributed by atoms with van der Waals surface area (Å²) in [5.74, 6) is 1.32. The van der Waals surface area contributed by atoms with Crippen molar-refractivity contribution in [3.63, 3.8) is 0 Å². The van der Waals surface area contributed by atoms with Gasteiger partial charge in [0.2, 0.25) is 5.91 Å². The van der Waals surface area contributed by atoms with Gasteiger partial charge in [-0.2, -0.15) is 5.10 Å². The summed E-state index contributed by atoms with van der Waals surface area (Å²) in [6.45, 7) is 4.57. The van der Waals surface area contributed by atoms with E-state index in [9.17, 15) is 4.79 Å². The van der Waals surface area contributed by atoms with Gasteiger partial charge in [0.25, 0.3) is 0 Å². The second-order valence-corrected chi connectivity index (χ2v) is 9.60. The predicted octanol–water partition coefficient (Wildman–Crippen LogP) is 5.45. The zero-order valence-electron chi connectivity index (χ0n) is 17.3. The highest BCUT2D eigenvalue weighted by molar-refractivity contribution is 7.71. The molecule has 0 aliphatic carbocycles. The Morgan fingerprint density at radius 2 is 2.06 bits per heavy atom. The van der Waals surface area contributed by atoms with Crippen LogP contribution in [-0.2, 0) is 11.3 Å². The number of ether oxygens (including phenoxy) is 1. The molecule has 2 N–H and O–H groups in total. The number of nitrogens with one attached hydrogen (secondary N) is 2. The van der Waals surface area contributed by atoms with E-state index in [-0.39, 0.29) is 12.3 Å². The molecule has 0 bridgehead atoms.